The van der Waals surface area contributed by atoms with E-state index in [-0.39, 0.29) is 11.8 Å². The molecule has 2 aromatic rings. The van der Waals surface area contributed by atoms with E-state index < -0.39 is 0 Å². The molecule has 32 heavy (non-hydrogen) atoms. The molecular formula is C25H32N4O2S. The minimum absolute atomic E-state index is 0.0995. The van der Waals surface area contributed by atoms with Gasteiger partial charge in [0.05, 0.1) is 7.11 Å². The van der Waals surface area contributed by atoms with E-state index in [0.29, 0.717) is 0 Å². The van der Waals surface area contributed by atoms with Crippen LogP contribution in [0.15, 0.2) is 58.0 Å². The second-order valence-electron chi connectivity index (χ2n) is 8.42. The maximum atomic E-state index is 12.6. The molecular weight excluding hydrogens is 420 g/mol. The van der Waals surface area contributed by atoms with Gasteiger partial charge in [0.1, 0.15) is 10.8 Å². The molecule has 1 aliphatic carbocycles. The van der Waals surface area contributed by atoms with E-state index in [9.17, 15) is 4.79 Å². The fourth-order valence-electron chi connectivity index (χ4n) is 4.31. The van der Waals surface area contributed by atoms with Crippen molar-refractivity contribution >= 4 is 23.5 Å². The minimum atomic E-state index is 0.0995. The molecule has 0 atom stereocenters. The summed E-state index contributed by atoms with van der Waals surface area (Å²) in [6.07, 6.45) is 10.1. The SMILES string of the molecule is COc1cccc(Sc2ccc(N3CCC(C(=O)NCCC4=CCCCC4)CC3)nn2)c1. The van der Waals surface area contributed by atoms with Gasteiger partial charge in [0.15, 0.2) is 5.82 Å². The van der Waals surface area contributed by atoms with Crippen LogP contribution in [0.4, 0.5) is 5.82 Å². The van der Waals surface area contributed by atoms with Gasteiger partial charge in [0.2, 0.25) is 5.91 Å². The average Bonchev–Trinajstić information content (AvgIpc) is 2.85. The highest BCUT2D eigenvalue weighted by Crippen LogP contribution is 2.29. The van der Waals surface area contributed by atoms with E-state index in [4.69, 9.17) is 4.74 Å². The number of hydrogen-bond acceptors (Lipinski definition) is 6. The van der Waals surface area contributed by atoms with E-state index in [0.717, 1.165) is 60.4 Å². The van der Waals surface area contributed by atoms with Crippen molar-refractivity contribution in [1.82, 2.24) is 15.5 Å². The third-order valence-corrected chi connectivity index (χ3v) is 7.13. The highest BCUT2D eigenvalue weighted by Gasteiger charge is 2.25. The van der Waals surface area contributed by atoms with Crippen LogP contribution in [0.5, 0.6) is 5.75 Å². The Kier molecular flexibility index (Phi) is 8.04. The fourth-order valence-corrected chi connectivity index (χ4v) is 5.10. The van der Waals surface area contributed by atoms with Crippen LogP contribution in [-0.4, -0.2) is 42.8 Å². The first kappa shape index (κ1) is 22.6. The Morgan fingerprint density at radius 3 is 2.78 bits per heavy atom. The molecule has 0 bridgehead atoms. The van der Waals surface area contributed by atoms with E-state index in [1.165, 1.54) is 31.3 Å². The van der Waals surface area contributed by atoms with Crippen LogP contribution in [0.2, 0.25) is 0 Å². The molecule has 170 valence electrons. The number of carbonyl (C=O) groups is 1. The molecule has 1 amide bonds. The molecule has 0 unspecified atom stereocenters. The van der Waals surface area contributed by atoms with Crippen LogP contribution in [-0.2, 0) is 4.79 Å². The maximum absolute atomic E-state index is 12.6. The number of amides is 1. The number of nitrogens with one attached hydrogen (secondary N) is 1. The number of anilines is 1. The zero-order valence-electron chi connectivity index (χ0n) is 18.8. The zero-order valence-corrected chi connectivity index (χ0v) is 19.6. The van der Waals surface area contributed by atoms with Gasteiger partial charge in [-0.2, -0.15) is 0 Å². The van der Waals surface area contributed by atoms with Gasteiger partial charge in [-0.3, -0.25) is 4.79 Å². The van der Waals surface area contributed by atoms with Crippen LogP contribution in [0, 0.1) is 5.92 Å². The highest BCUT2D eigenvalue weighted by molar-refractivity contribution is 7.99. The van der Waals surface area contributed by atoms with Crippen molar-refractivity contribution < 1.29 is 9.53 Å². The molecule has 6 nitrogen and oxygen atoms in total. The van der Waals surface area contributed by atoms with Crippen molar-refractivity contribution in [2.75, 3.05) is 31.6 Å². The Labute approximate surface area is 194 Å². The number of piperidine rings is 1. The Morgan fingerprint density at radius 1 is 1.19 bits per heavy atom. The van der Waals surface area contributed by atoms with Crippen LogP contribution < -0.4 is 15.0 Å². The molecule has 2 aliphatic rings. The van der Waals surface area contributed by atoms with E-state index in [2.05, 4.69) is 26.5 Å². The first-order chi connectivity index (χ1) is 15.7. The summed E-state index contributed by atoms with van der Waals surface area (Å²) >= 11 is 1.57. The number of allylic oxidation sites excluding steroid dienone is 1. The molecule has 1 N–H and O–H groups in total. The molecule has 0 radical (unpaired) electrons. The Hall–Kier alpha value is -2.54. The molecule has 1 saturated heterocycles. The van der Waals surface area contributed by atoms with E-state index in [1.54, 1.807) is 18.9 Å². The highest BCUT2D eigenvalue weighted by atomic mass is 32.2. The smallest absolute Gasteiger partial charge is 0.223 e. The van der Waals surface area contributed by atoms with E-state index >= 15 is 0 Å². The van der Waals surface area contributed by atoms with Crippen LogP contribution in [0.25, 0.3) is 0 Å². The lowest BCUT2D eigenvalue weighted by Crippen LogP contribution is -2.41. The monoisotopic (exact) mass is 452 g/mol. The number of nitrogens with zero attached hydrogens (tertiary/aromatic N) is 3. The van der Waals surface area contributed by atoms with Crippen molar-refractivity contribution in [1.29, 1.82) is 0 Å². The third-order valence-electron chi connectivity index (χ3n) is 6.21. The van der Waals surface area contributed by atoms with E-state index in [1.807, 2.05) is 36.4 Å². The Balaban J connectivity index is 1.22. The largest absolute Gasteiger partial charge is 0.497 e. The van der Waals surface area contributed by atoms with Crippen molar-refractivity contribution in [2.24, 2.45) is 5.92 Å². The molecule has 2 heterocycles. The molecule has 7 heteroatoms. The van der Waals surface area contributed by atoms with Gasteiger partial charge in [-0.25, -0.2) is 0 Å². The predicted molar refractivity (Wildman–Crippen MR) is 128 cm³/mol. The van der Waals surface area contributed by atoms with Gasteiger partial charge in [-0.05, 0) is 75.3 Å². The van der Waals surface area contributed by atoms with Gasteiger partial charge in [0.25, 0.3) is 0 Å². The van der Waals surface area contributed by atoms with Crippen molar-refractivity contribution in [3.63, 3.8) is 0 Å². The second-order valence-corrected chi connectivity index (χ2v) is 9.52. The van der Waals surface area contributed by atoms with Crippen molar-refractivity contribution in [2.45, 2.75) is 54.9 Å². The number of hydrogen-bond donors (Lipinski definition) is 1. The molecule has 1 fully saturated rings. The molecule has 0 spiro atoms. The number of ether oxygens (including phenoxy) is 1. The summed E-state index contributed by atoms with van der Waals surface area (Å²) in [7, 11) is 1.67. The van der Waals surface area contributed by atoms with Crippen LogP contribution in [0.3, 0.4) is 0 Å². The van der Waals surface area contributed by atoms with Crippen LogP contribution >= 0.6 is 11.8 Å². The second kappa shape index (κ2) is 11.4. The van der Waals surface area contributed by atoms with Crippen molar-refractivity contribution in [3.05, 3.63) is 48.0 Å². The quantitative estimate of drug-likeness (QED) is 0.577. The molecule has 4 rings (SSSR count). The van der Waals surface area contributed by atoms with Gasteiger partial charge in [-0.15, -0.1) is 10.2 Å². The normalized spacial score (nSPS) is 17.0. The number of aromatic nitrogens is 2. The average molecular weight is 453 g/mol. The lowest BCUT2D eigenvalue weighted by atomic mass is 9.95. The minimum Gasteiger partial charge on any atom is -0.497 e. The molecule has 1 aliphatic heterocycles. The molecule has 1 aromatic carbocycles. The number of benzene rings is 1. The molecule has 1 aromatic heterocycles. The van der Waals surface area contributed by atoms with Gasteiger partial charge < -0.3 is 15.0 Å². The maximum Gasteiger partial charge on any atom is 0.223 e. The lowest BCUT2D eigenvalue weighted by molar-refractivity contribution is -0.125. The standard InChI is InChI=1S/C25H32N4O2S/c1-31-21-8-5-9-22(18-21)32-24-11-10-23(27-28-24)29-16-13-20(14-17-29)25(30)26-15-12-19-6-3-2-4-7-19/h5-6,8-11,18,20H,2-4,7,12-17H2,1H3,(H,26,30). The van der Waals surface area contributed by atoms with Gasteiger partial charge >= 0.3 is 0 Å². The predicted octanol–water partition coefficient (Wildman–Crippen LogP) is 4.86. The number of rotatable bonds is 8. The molecule has 0 saturated carbocycles. The summed E-state index contributed by atoms with van der Waals surface area (Å²) < 4.78 is 5.28. The summed E-state index contributed by atoms with van der Waals surface area (Å²) in [5, 5.41) is 12.8. The number of carbonyl (C=O) groups excluding carboxylic acids is 1. The summed E-state index contributed by atoms with van der Waals surface area (Å²) in [5.74, 6) is 2.01. The Bertz CT molecular complexity index is 924. The number of methoxy groups -OCH3 is 1. The first-order valence-electron chi connectivity index (χ1n) is 11.6. The summed E-state index contributed by atoms with van der Waals surface area (Å²) in [4.78, 5) is 15.9. The summed E-state index contributed by atoms with van der Waals surface area (Å²) in [6.45, 7) is 2.43. The zero-order chi connectivity index (χ0) is 22.2. The Morgan fingerprint density at radius 2 is 2.06 bits per heavy atom. The van der Waals surface area contributed by atoms with Crippen molar-refractivity contribution in [3.8, 4) is 5.75 Å². The summed E-state index contributed by atoms with van der Waals surface area (Å²) in [5.41, 5.74) is 1.51. The van der Waals surface area contributed by atoms with Gasteiger partial charge in [-0.1, -0.05) is 29.5 Å². The van der Waals surface area contributed by atoms with Crippen LogP contribution in [0.1, 0.15) is 44.9 Å². The lowest BCUT2D eigenvalue weighted by Gasteiger charge is -2.31. The topological polar surface area (TPSA) is 67.3 Å². The summed E-state index contributed by atoms with van der Waals surface area (Å²) in [6, 6.07) is 11.9. The van der Waals surface area contributed by atoms with Gasteiger partial charge in [0, 0.05) is 30.4 Å². The fraction of sp³-hybridized carbons (Fsp3) is 0.480. The first-order valence-corrected chi connectivity index (χ1v) is 12.4. The third kappa shape index (κ3) is 6.25.